The molecule has 0 fully saturated rings. The third-order valence-electron chi connectivity index (χ3n) is 3.27. The standard InChI is InChI=1S/C10H15BO.C8H7N/c1-8-4-5-10(11(2)3)9(6-8)7-12;1-7-2-4-8(6-9)5-3-7/h4-6,12H,7H2,1-3H3;2-5H,1H3. The van der Waals surface area contributed by atoms with Crippen molar-refractivity contribution < 1.29 is 5.11 Å². The molecule has 0 aliphatic carbocycles. The summed E-state index contributed by atoms with van der Waals surface area (Å²) in [6.07, 6.45) is 0. The molecule has 0 heterocycles. The summed E-state index contributed by atoms with van der Waals surface area (Å²) in [4.78, 5) is 0. The lowest BCUT2D eigenvalue weighted by Crippen LogP contribution is -2.26. The van der Waals surface area contributed by atoms with Gasteiger partial charge >= 0.3 is 0 Å². The summed E-state index contributed by atoms with van der Waals surface area (Å²) >= 11 is 0. The normalized spacial score (nSPS) is 9.33. The smallest absolute Gasteiger partial charge is 0.170 e. The molecule has 0 atom stereocenters. The van der Waals surface area contributed by atoms with Gasteiger partial charge in [0.25, 0.3) is 0 Å². The Morgan fingerprint density at radius 2 is 1.57 bits per heavy atom. The first-order valence-electron chi connectivity index (χ1n) is 7.15. The summed E-state index contributed by atoms with van der Waals surface area (Å²) in [7, 11) is 0. The molecule has 0 amide bonds. The molecule has 21 heavy (non-hydrogen) atoms. The van der Waals surface area contributed by atoms with Crippen LogP contribution >= 0.6 is 0 Å². The summed E-state index contributed by atoms with van der Waals surface area (Å²) in [5.74, 6) is 0. The molecule has 0 saturated carbocycles. The van der Waals surface area contributed by atoms with Crippen molar-refractivity contribution in [3.8, 4) is 6.07 Å². The molecule has 0 unspecified atom stereocenters. The van der Waals surface area contributed by atoms with Gasteiger partial charge in [0.05, 0.1) is 18.2 Å². The lowest BCUT2D eigenvalue weighted by molar-refractivity contribution is 0.283. The highest BCUT2D eigenvalue weighted by atomic mass is 16.3. The molecule has 0 aliphatic heterocycles. The monoisotopic (exact) mass is 279 g/mol. The van der Waals surface area contributed by atoms with Crippen molar-refractivity contribution in [1.82, 2.24) is 0 Å². The minimum Gasteiger partial charge on any atom is -0.392 e. The van der Waals surface area contributed by atoms with Gasteiger partial charge in [-0.2, -0.15) is 5.26 Å². The molecule has 0 bridgehead atoms. The van der Waals surface area contributed by atoms with E-state index in [0.717, 1.165) is 11.1 Å². The molecule has 2 rings (SSSR count). The van der Waals surface area contributed by atoms with Crippen molar-refractivity contribution >= 4 is 12.2 Å². The molecule has 1 N–H and O–H groups in total. The van der Waals surface area contributed by atoms with Crippen LogP contribution in [0.3, 0.4) is 0 Å². The van der Waals surface area contributed by atoms with Crippen LogP contribution in [-0.4, -0.2) is 11.8 Å². The highest BCUT2D eigenvalue weighted by Crippen LogP contribution is 2.03. The number of aliphatic hydroxyl groups excluding tert-OH is 1. The molecule has 0 spiro atoms. The van der Waals surface area contributed by atoms with Crippen LogP contribution in [0.2, 0.25) is 13.6 Å². The third kappa shape index (κ3) is 5.45. The van der Waals surface area contributed by atoms with Gasteiger partial charge in [0.2, 0.25) is 0 Å². The third-order valence-corrected chi connectivity index (χ3v) is 3.27. The molecule has 3 heteroatoms. The maximum atomic E-state index is 9.09. The van der Waals surface area contributed by atoms with Crippen LogP contribution in [0.1, 0.15) is 22.3 Å². The van der Waals surface area contributed by atoms with Crippen molar-refractivity contribution in [2.75, 3.05) is 0 Å². The van der Waals surface area contributed by atoms with Crippen molar-refractivity contribution in [1.29, 1.82) is 5.26 Å². The second-order valence-electron chi connectivity index (χ2n) is 5.49. The van der Waals surface area contributed by atoms with E-state index < -0.39 is 0 Å². The fourth-order valence-corrected chi connectivity index (χ4v) is 2.06. The Bertz CT molecular complexity index is 612. The van der Waals surface area contributed by atoms with E-state index in [4.69, 9.17) is 10.4 Å². The van der Waals surface area contributed by atoms with Crippen molar-refractivity contribution in [2.24, 2.45) is 0 Å². The summed E-state index contributed by atoms with van der Waals surface area (Å²) in [6.45, 7) is 8.97. The van der Waals surface area contributed by atoms with Gasteiger partial charge in [-0.25, -0.2) is 0 Å². The Kier molecular flexibility index (Phi) is 6.71. The Labute approximate surface area is 128 Å². The summed E-state index contributed by atoms with van der Waals surface area (Å²) in [5.41, 5.74) is 5.44. The van der Waals surface area contributed by atoms with Gasteiger partial charge in [-0.1, -0.05) is 60.6 Å². The first-order chi connectivity index (χ1) is 9.97. The Balaban J connectivity index is 0.000000219. The van der Waals surface area contributed by atoms with Gasteiger partial charge in [-0.3, -0.25) is 0 Å². The molecule has 2 nitrogen and oxygen atoms in total. The fraction of sp³-hybridized carbons (Fsp3) is 0.278. The Hall–Kier alpha value is -2.05. The number of benzene rings is 2. The number of hydrogen-bond donors (Lipinski definition) is 1. The number of hydrogen-bond acceptors (Lipinski definition) is 2. The van der Waals surface area contributed by atoms with Gasteiger partial charge < -0.3 is 5.11 Å². The average Bonchev–Trinajstić information content (AvgIpc) is 2.48. The fourth-order valence-electron chi connectivity index (χ4n) is 2.06. The van der Waals surface area contributed by atoms with Crippen LogP contribution in [0.5, 0.6) is 0 Å². The van der Waals surface area contributed by atoms with Crippen LogP contribution in [0.15, 0.2) is 42.5 Å². The summed E-state index contributed by atoms with van der Waals surface area (Å²) in [5, 5.41) is 17.5. The van der Waals surface area contributed by atoms with E-state index in [-0.39, 0.29) is 6.61 Å². The second kappa shape index (κ2) is 8.29. The lowest BCUT2D eigenvalue weighted by Gasteiger charge is -2.09. The summed E-state index contributed by atoms with van der Waals surface area (Å²) < 4.78 is 0. The number of nitrogens with zero attached hydrogens (tertiary/aromatic N) is 1. The second-order valence-corrected chi connectivity index (χ2v) is 5.49. The van der Waals surface area contributed by atoms with Gasteiger partial charge in [0.15, 0.2) is 6.71 Å². The first kappa shape index (κ1) is 17.0. The number of nitriles is 1. The quantitative estimate of drug-likeness (QED) is 0.857. The number of aryl methyl sites for hydroxylation is 2. The minimum atomic E-state index is 0.148. The topological polar surface area (TPSA) is 44.0 Å². The SMILES string of the molecule is CB(C)c1ccc(C)cc1CO.Cc1ccc(C#N)cc1. The molecule has 108 valence electrons. The van der Waals surface area contributed by atoms with Crippen LogP contribution in [0, 0.1) is 25.2 Å². The van der Waals surface area contributed by atoms with E-state index in [1.54, 1.807) is 0 Å². The number of rotatable bonds is 2. The zero-order chi connectivity index (χ0) is 15.8. The predicted octanol–water partition coefficient (Wildman–Crippen LogP) is 3.32. The van der Waals surface area contributed by atoms with Crippen LogP contribution in [-0.2, 0) is 6.61 Å². The van der Waals surface area contributed by atoms with Gasteiger partial charge in [0.1, 0.15) is 0 Å². The summed E-state index contributed by atoms with van der Waals surface area (Å²) in [6, 6.07) is 15.8. The average molecular weight is 279 g/mol. The van der Waals surface area contributed by atoms with Crippen LogP contribution in [0.25, 0.3) is 0 Å². The highest BCUT2D eigenvalue weighted by molar-refractivity contribution is 6.71. The Morgan fingerprint density at radius 1 is 1.00 bits per heavy atom. The van der Waals surface area contributed by atoms with Crippen LogP contribution < -0.4 is 5.46 Å². The Morgan fingerprint density at radius 3 is 2.05 bits per heavy atom. The molecular formula is C18H22BNO. The first-order valence-corrected chi connectivity index (χ1v) is 7.15. The minimum absolute atomic E-state index is 0.148. The van der Waals surface area contributed by atoms with E-state index in [0.29, 0.717) is 6.71 Å². The maximum Gasteiger partial charge on any atom is 0.170 e. The van der Waals surface area contributed by atoms with Gasteiger partial charge in [-0.05, 0) is 31.5 Å². The van der Waals surface area contributed by atoms with E-state index in [2.05, 4.69) is 37.9 Å². The molecule has 0 saturated heterocycles. The predicted molar refractivity (Wildman–Crippen MR) is 90.1 cm³/mol. The maximum absolute atomic E-state index is 9.09. The van der Waals surface area contributed by atoms with E-state index in [1.165, 1.54) is 16.6 Å². The molecule has 0 aliphatic rings. The molecule has 2 aromatic carbocycles. The molecule has 2 aromatic rings. The van der Waals surface area contributed by atoms with Gasteiger partial charge in [-0.15, -0.1) is 0 Å². The van der Waals surface area contributed by atoms with Gasteiger partial charge in [0, 0.05) is 0 Å². The lowest BCUT2D eigenvalue weighted by atomic mass is 9.48. The van der Waals surface area contributed by atoms with Crippen LogP contribution in [0.4, 0.5) is 0 Å². The van der Waals surface area contributed by atoms with Crippen molar-refractivity contribution in [3.05, 3.63) is 64.7 Å². The molecule has 0 radical (unpaired) electrons. The highest BCUT2D eigenvalue weighted by Gasteiger charge is 2.07. The zero-order valence-electron chi connectivity index (χ0n) is 13.2. The number of aliphatic hydroxyl groups is 1. The van der Waals surface area contributed by atoms with E-state index >= 15 is 0 Å². The molecule has 0 aromatic heterocycles. The zero-order valence-corrected chi connectivity index (χ0v) is 13.2. The van der Waals surface area contributed by atoms with Crippen molar-refractivity contribution in [2.45, 2.75) is 34.1 Å². The van der Waals surface area contributed by atoms with E-state index in [9.17, 15) is 0 Å². The molecular weight excluding hydrogens is 257 g/mol. The largest absolute Gasteiger partial charge is 0.392 e. The van der Waals surface area contributed by atoms with E-state index in [1.807, 2.05) is 38.1 Å². The van der Waals surface area contributed by atoms with Crippen molar-refractivity contribution in [3.63, 3.8) is 0 Å².